The Hall–Kier alpha value is -2.40. The van der Waals surface area contributed by atoms with Gasteiger partial charge >= 0.3 is 0 Å². The highest BCUT2D eigenvalue weighted by Gasteiger charge is 2.04. The van der Waals surface area contributed by atoms with Crippen molar-refractivity contribution in [3.63, 3.8) is 0 Å². The molecule has 2 rings (SSSR count). The van der Waals surface area contributed by atoms with Crippen molar-refractivity contribution in [2.24, 2.45) is 5.16 Å². The summed E-state index contributed by atoms with van der Waals surface area (Å²) < 4.78 is 12.9. The first-order chi connectivity index (χ1) is 10.5. The van der Waals surface area contributed by atoms with Gasteiger partial charge in [0.15, 0.2) is 6.61 Å². The minimum atomic E-state index is -0.365. The van der Waals surface area contributed by atoms with Gasteiger partial charge in [0.25, 0.3) is 5.91 Å². The monoisotopic (exact) mass is 320 g/mol. The summed E-state index contributed by atoms with van der Waals surface area (Å²) in [5.41, 5.74) is 2.06. The average Bonchev–Trinajstić information content (AvgIpc) is 2.48. The smallest absolute Gasteiger partial charge is 0.265 e. The van der Waals surface area contributed by atoms with Gasteiger partial charge in [0.2, 0.25) is 0 Å². The van der Waals surface area contributed by atoms with E-state index in [2.05, 4.69) is 10.5 Å². The second kappa shape index (κ2) is 7.56. The predicted molar refractivity (Wildman–Crippen MR) is 84.8 cm³/mol. The van der Waals surface area contributed by atoms with Crippen LogP contribution in [0.3, 0.4) is 0 Å². The number of anilines is 1. The highest BCUT2D eigenvalue weighted by atomic mass is 35.5. The van der Waals surface area contributed by atoms with Crippen LogP contribution in [0.25, 0.3) is 0 Å². The molecule has 0 aliphatic heterocycles. The zero-order valence-corrected chi connectivity index (χ0v) is 12.6. The number of amides is 1. The van der Waals surface area contributed by atoms with Gasteiger partial charge in [0.1, 0.15) is 5.82 Å². The molecule has 1 N–H and O–H groups in total. The third-order valence-electron chi connectivity index (χ3n) is 2.78. The maximum absolute atomic E-state index is 12.9. The number of oxime groups is 1. The molecule has 22 heavy (non-hydrogen) atoms. The van der Waals surface area contributed by atoms with E-state index in [1.54, 1.807) is 30.3 Å². The lowest BCUT2D eigenvalue weighted by Gasteiger charge is -2.06. The van der Waals surface area contributed by atoms with Crippen molar-refractivity contribution in [3.05, 3.63) is 64.4 Å². The van der Waals surface area contributed by atoms with Crippen molar-refractivity contribution in [2.75, 3.05) is 11.9 Å². The van der Waals surface area contributed by atoms with E-state index in [1.165, 1.54) is 18.3 Å². The van der Waals surface area contributed by atoms with Crippen molar-refractivity contribution >= 4 is 29.4 Å². The molecule has 0 saturated heterocycles. The standard InChI is InChI=1S/C16H14ClFN2O2/c1-11-5-6-14(8-15(11)17)20-16(21)10-22-19-9-12-3-2-4-13(18)7-12/h2-9H,10H2,1H3,(H,20,21)/b19-9-. The number of hydrogen-bond donors (Lipinski definition) is 1. The molecule has 0 heterocycles. The molecule has 0 aliphatic rings. The first kappa shape index (κ1) is 16.0. The summed E-state index contributed by atoms with van der Waals surface area (Å²) in [6.07, 6.45) is 1.33. The number of hydrogen-bond acceptors (Lipinski definition) is 3. The number of nitrogens with one attached hydrogen (secondary N) is 1. The van der Waals surface area contributed by atoms with Gasteiger partial charge in [-0.2, -0.15) is 0 Å². The summed E-state index contributed by atoms with van der Waals surface area (Å²) >= 11 is 5.97. The molecule has 2 aromatic rings. The summed E-state index contributed by atoms with van der Waals surface area (Å²) in [6, 6.07) is 11.1. The number of rotatable bonds is 5. The fourth-order valence-electron chi connectivity index (χ4n) is 1.65. The van der Waals surface area contributed by atoms with Crippen LogP contribution in [-0.4, -0.2) is 18.7 Å². The normalized spacial score (nSPS) is 10.7. The Bertz CT molecular complexity index is 704. The Kier molecular flexibility index (Phi) is 5.49. The van der Waals surface area contributed by atoms with Crippen LogP contribution in [0.15, 0.2) is 47.6 Å². The van der Waals surface area contributed by atoms with Crippen LogP contribution in [0.5, 0.6) is 0 Å². The Morgan fingerprint density at radius 3 is 2.91 bits per heavy atom. The molecule has 2 aromatic carbocycles. The first-order valence-electron chi connectivity index (χ1n) is 6.51. The molecular formula is C16H14ClFN2O2. The van der Waals surface area contributed by atoms with Gasteiger partial charge in [-0.05, 0) is 42.3 Å². The minimum absolute atomic E-state index is 0.253. The average molecular weight is 321 g/mol. The Morgan fingerprint density at radius 1 is 1.36 bits per heavy atom. The van der Waals surface area contributed by atoms with E-state index in [0.29, 0.717) is 16.3 Å². The molecular weight excluding hydrogens is 307 g/mol. The zero-order valence-electron chi connectivity index (χ0n) is 11.8. The Balaban J connectivity index is 1.81. The van der Waals surface area contributed by atoms with Gasteiger partial charge < -0.3 is 10.2 Å². The number of benzene rings is 2. The van der Waals surface area contributed by atoms with Crippen molar-refractivity contribution in [3.8, 4) is 0 Å². The number of nitrogens with zero attached hydrogens (tertiary/aromatic N) is 1. The highest BCUT2D eigenvalue weighted by molar-refractivity contribution is 6.31. The summed E-state index contributed by atoms with van der Waals surface area (Å²) in [6.45, 7) is 1.62. The molecule has 0 radical (unpaired) electrons. The second-order valence-electron chi connectivity index (χ2n) is 4.58. The van der Waals surface area contributed by atoms with Gasteiger partial charge in [-0.25, -0.2) is 4.39 Å². The van der Waals surface area contributed by atoms with Crippen LogP contribution in [0, 0.1) is 12.7 Å². The van der Waals surface area contributed by atoms with Crippen molar-refractivity contribution in [1.29, 1.82) is 0 Å². The van der Waals surface area contributed by atoms with E-state index < -0.39 is 0 Å². The number of halogens is 2. The van der Waals surface area contributed by atoms with Gasteiger partial charge in [0.05, 0.1) is 6.21 Å². The molecule has 0 saturated carbocycles. The topological polar surface area (TPSA) is 50.7 Å². The molecule has 0 aliphatic carbocycles. The molecule has 0 spiro atoms. The predicted octanol–water partition coefficient (Wildman–Crippen LogP) is 3.78. The van der Waals surface area contributed by atoms with E-state index in [0.717, 1.165) is 5.56 Å². The van der Waals surface area contributed by atoms with Crippen molar-refractivity contribution < 1.29 is 14.0 Å². The summed E-state index contributed by atoms with van der Waals surface area (Å²) in [5, 5.41) is 6.82. The van der Waals surface area contributed by atoms with Crippen LogP contribution in [0.4, 0.5) is 10.1 Å². The summed E-state index contributed by atoms with van der Waals surface area (Å²) in [5.74, 6) is -0.728. The van der Waals surface area contributed by atoms with E-state index in [1.807, 2.05) is 6.92 Å². The molecule has 0 unspecified atom stereocenters. The van der Waals surface area contributed by atoms with Crippen molar-refractivity contribution in [1.82, 2.24) is 0 Å². The molecule has 0 fully saturated rings. The Morgan fingerprint density at radius 2 is 2.18 bits per heavy atom. The molecule has 1 amide bonds. The van der Waals surface area contributed by atoms with E-state index >= 15 is 0 Å². The van der Waals surface area contributed by atoms with E-state index in [-0.39, 0.29) is 18.3 Å². The van der Waals surface area contributed by atoms with Crippen LogP contribution < -0.4 is 5.32 Å². The van der Waals surface area contributed by atoms with Crippen molar-refractivity contribution in [2.45, 2.75) is 6.92 Å². The van der Waals surface area contributed by atoms with Crippen LogP contribution >= 0.6 is 11.6 Å². The fourth-order valence-corrected chi connectivity index (χ4v) is 1.83. The molecule has 0 atom stereocenters. The third-order valence-corrected chi connectivity index (χ3v) is 3.18. The summed E-state index contributed by atoms with van der Waals surface area (Å²) in [4.78, 5) is 16.5. The maximum Gasteiger partial charge on any atom is 0.265 e. The third kappa shape index (κ3) is 4.86. The number of aryl methyl sites for hydroxylation is 1. The molecule has 0 aromatic heterocycles. The number of carbonyl (C=O) groups excluding carboxylic acids is 1. The molecule has 114 valence electrons. The summed E-state index contributed by atoms with van der Waals surface area (Å²) in [7, 11) is 0. The fraction of sp³-hybridized carbons (Fsp3) is 0.125. The maximum atomic E-state index is 12.9. The lowest BCUT2D eigenvalue weighted by molar-refractivity contribution is -0.120. The molecule has 4 nitrogen and oxygen atoms in total. The zero-order chi connectivity index (χ0) is 15.9. The van der Waals surface area contributed by atoms with Gasteiger partial charge in [-0.3, -0.25) is 4.79 Å². The quantitative estimate of drug-likeness (QED) is 0.673. The SMILES string of the molecule is Cc1ccc(NC(=O)CO/N=C\c2cccc(F)c2)cc1Cl. The van der Waals surface area contributed by atoms with Crippen LogP contribution in [0.1, 0.15) is 11.1 Å². The molecule has 0 bridgehead atoms. The largest absolute Gasteiger partial charge is 0.386 e. The lowest BCUT2D eigenvalue weighted by atomic mass is 10.2. The first-order valence-corrected chi connectivity index (χ1v) is 6.89. The minimum Gasteiger partial charge on any atom is -0.386 e. The van der Waals surface area contributed by atoms with Gasteiger partial charge in [-0.1, -0.05) is 35.0 Å². The van der Waals surface area contributed by atoms with E-state index in [4.69, 9.17) is 16.4 Å². The molecule has 6 heteroatoms. The highest BCUT2D eigenvalue weighted by Crippen LogP contribution is 2.19. The van der Waals surface area contributed by atoms with Gasteiger partial charge in [-0.15, -0.1) is 0 Å². The van der Waals surface area contributed by atoms with Crippen LogP contribution in [0.2, 0.25) is 5.02 Å². The van der Waals surface area contributed by atoms with E-state index in [9.17, 15) is 9.18 Å². The second-order valence-corrected chi connectivity index (χ2v) is 4.98. The van der Waals surface area contributed by atoms with Gasteiger partial charge in [0, 0.05) is 10.7 Å². The Labute approximate surface area is 132 Å². The lowest BCUT2D eigenvalue weighted by Crippen LogP contribution is -2.17. The van der Waals surface area contributed by atoms with Crippen LogP contribution in [-0.2, 0) is 9.63 Å². The number of carbonyl (C=O) groups is 1.